The molecule has 1 unspecified atom stereocenters. The predicted molar refractivity (Wildman–Crippen MR) is 58.7 cm³/mol. The molecule has 0 bridgehead atoms. The van der Waals surface area contributed by atoms with Gasteiger partial charge in [0, 0.05) is 10.5 Å². The summed E-state index contributed by atoms with van der Waals surface area (Å²) in [5.74, 6) is 0. The van der Waals surface area contributed by atoms with E-state index in [-0.39, 0.29) is 6.04 Å². The Morgan fingerprint density at radius 2 is 2.23 bits per heavy atom. The monoisotopic (exact) mass is 239 g/mol. The lowest BCUT2D eigenvalue weighted by atomic mass is 9.85. The molecule has 2 heteroatoms. The van der Waals surface area contributed by atoms with Crippen molar-refractivity contribution in [3.8, 4) is 0 Å². The Balaban J connectivity index is 2.56. The van der Waals surface area contributed by atoms with E-state index in [9.17, 15) is 0 Å². The molecule has 1 aromatic carbocycles. The van der Waals surface area contributed by atoms with Crippen molar-refractivity contribution in [2.75, 3.05) is 0 Å². The van der Waals surface area contributed by atoms with Crippen molar-refractivity contribution in [1.82, 2.24) is 0 Å². The summed E-state index contributed by atoms with van der Waals surface area (Å²) in [4.78, 5) is 0. The van der Waals surface area contributed by atoms with Crippen LogP contribution in [0.1, 0.15) is 35.6 Å². The molecule has 2 rings (SSSR count). The van der Waals surface area contributed by atoms with Crippen LogP contribution in [-0.2, 0) is 6.42 Å². The zero-order valence-corrected chi connectivity index (χ0v) is 9.39. The first-order valence-electron chi connectivity index (χ1n) is 4.73. The average molecular weight is 240 g/mol. The summed E-state index contributed by atoms with van der Waals surface area (Å²) in [6.07, 6.45) is 3.54. The Hall–Kier alpha value is -0.340. The van der Waals surface area contributed by atoms with Crippen LogP contribution in [0.2, 0.25) is 0 Å². The molecule has 0 heterocycles. The van der Waals surface area contributed by atoms with E-state index >= 15 is 0 Å². The lowest BCUT2D eigenvalue weighted by Crippen LogP contribution is -2.18. The van der Waals surface area contributed by atoms with Gasteiger partial charge in [0.05, 0.1) is 0 Å². The molecule has 1 nitrogen and oxygen atoms in total. The maximum atomic E-state index is 6.08. The van der Waals surface area contributed by atoms with Gasteiger partial charge >= 0.3 is 0 Å². The summed E-state index contributed by atoms with van der Waals surface area (Å²) in [6.45, 7) is 2.15. The Kier molecular flexibility index (Phi) is 2.43. The molecule has 0 aromatic heterocycles. The average Bonchev–Trinajstić information content (AvgIpc) is 2.02. The van der Waals surface area contributed by atoms with E-state index in [4.69, 9.17) is 5.73 Å². The van der Waals surface area contributed by atoms with Gasteiger partial charge in [-0.25, -0.2) is 0 Å². The van der Waals surface area contributed by atoms with E-state index in [1.165, 1.54) is 34.0 Å². The number of benzene rings is 1. The minimum Gasteiger partial charge on any atom is -0.324 e. The van der Waals surface area contributed by atoms with Crippen LogP contribution in [0.25, 0.3) is 0 Å². The molecule has 1 atom stereocenters. The summed E-state index contributed by atoms with van der Waals surface area (Å²) < 4.78 is 1.18. The Morgan fingerprint density at radius 1 is 1.46 bits per heavy atom. The largest absolute Gasteiger partial charge is 0.324 e. The maximum Gasteiger partial charge on any atom is 0.0300 e. The second-order valence-electron chi connectivity index (χ2n) is 3.79. The third-order valence-corrected chi connectivity index (χ3v) is 3.23. The molecular formula is C11H14BrN. The molecule has 0 spiro atoms. The summed E-state index contributed by atoms with van der Waals surface area (Å²) in [7, 11) is 0. The van der Waals surface area contributed by atoms with Crippen LogP contribution in [0.4, 0.5) is 0 Å². The minimum absolute atomic E-state index is 0.261. The molecule has 1 aliphatic rings. The Morgan fingerprint density at radius 3 is 3.00 bits per heavy atom. The van der Waals surface area contributed by atoms with Gasteiger partial charge in [0.25, 0.3) is 0 Å². The quantitative estimate of drug-likeness (QED) is 0.740. The highest BCUT2D eigenvalue weighted by Gasteiger charge is 2.18. The third-order valence-electron chi connectivity index (χ3n) is 2.77. The van der Waals surface area contributed by atoms with Gasteiger partial charge < -0.3 is 5.73 Å². The van der Waals surface area contributed by atoms with Crippen LogP contribution in [0.5, 0.6) is 0 Å². The van der Waals surface area contributed by atoms with Crippen molar-refractivity contribution in [3.63, 3.8) is 0 Å². The van der Waals surface area contributed by atoms with E-state index in [1.54, 1.807) is 0 Å². The van der Waals surface area contributed by atoms with Crippen LogP contribution < -0.4 is 5.73 Å². The van der Waals surface area contributed by atoms with E-state index in [0.717, 1.165) is 6.42 Å². The molecule has 0 aliphatic heterocycles. The van der Waals surface area contributed by atoms with Gasteiger partial charge in [-0.1, -0.05) is 15.9 Å². The zero-order chi connectivity index (χ0) is 9.42. The van der Waals surface area contributed by atoms with Gasteiger partial charge in [0.2, 0.25) is 0 Å². The fraction of sp³-hybridized carbons (Fsp3) is 0.455. The van der Waals surface area contributed by atoms with Gasteiger partial charge in [0.15, 0.2) is 0 Å². The molecule has 13 heavy (non-hydrogen) atoms. The lowest BCUT2D eigenvalue weighted by Gasteiger charge is -2.24. The van der Waals surface area contributed by atoms with E-state index in [1.807, 2.05) is 0 Å². The van der Waals surface area contributed by atoms with Crippen molar-refractivity contribution in [3.05, 3.63) is 33.3 Å². The summed E-state index contributed by atoms with van der Waals surface area (Å²) in [5, 5.41) is 0. The van der Waals surface area contributed by atoms with Gasteiger partial charge in [-0.3, -0.25) is 0 Å². The minimum atomic E-state index is 0.261. The van der Waals surface area contributed by atoms with Crippen molar-refractivity contribution in [1.29, 1.82) is 0 Å². The highest BCUT2D eigenvalue weighted by atomic mass is 79.9. The first kappa shape index (κ1) is 9.22. The standard InChI is InChI=1S/C11H14BrN/c1-7-5-9(12)6-8-3-2-4-10(13)11(7)8/h5-6,10H,2-4,13H2,1H3. The number of halogens is 1. The highest BCUT2D eigenvalue weighted by Crippen LogP contribution is 2.32. The first-order valence-corrected chi connectivity index (χ1v) is 5.52. The van der Waals surface area contributed by atoms with Gasteiger partial charge in [-0.05, 0) is 55.0 Å². The van der Waals surface area contributed by atoms with Gasteiger partial charge in [-0.2, -0.15) is 0 Å². The molecule has 2 N–H and O–H groups in total. The number of hydrogen-bond donors (Lipinski definition) is 1. The van der Waals surface area contributed by atoms with Crippen LogP contribution in [0.3, 0.4) is 0 Å². The molecule has 70 valence electrons. The first-order chi connectivity index (χ1) is 6.18. The Labute approximate surface area is 87.5 Å². The van der Waals surface area contributed by atoms with Crippen LogP contribution in [0.15, 0.2) is 16.6 Å². The molecule has 0 saturated heterocycles. The van der Waals surface area contributed by atoms with Crippen LogP contribution in [-0.4, -0.2) is 0 Å². The fourth-order valence-electron chi connectivity index (χ4n) is 2.22. The van der Waals surface area contributed by atoms with Gasteiger partial charge in [-0.15, -0.1) is 0 Å². The van der Waals surface area contributed by atoms with Crippen molar-refractivity contribution >= 4 is 15.9 Å². The molecule has 0 amide bonds. The second-order valence-corrected chi connectivity index (χ2v) is 4.71. The molecule has 0 radical (unpaired) electrons. The number of fused-ring (bicyclic) bond motifs is 1. The number of aryl methyl sites for hydroxylation is 2. The smallest absolute Gasteiger partial charge is 0.0300 e. The SMILES string of the molecule is Cc1cc(Br)cc2c1C(N)CCC2. The number of nitrogens with two attached hydrogens (primary N) is 1. The van der Waals surface area contributed by atoms with Crippen molar-refractivity contribution in [2.45, 2.75) is 32.2 Å². The highest BCUT2D eigenvalue weighted by molar-refractivity contribution is 9.10. The topological polar surface area (TPSA) is 26.0 Å². The molecule has 1 aliphatic carbocycles. The second kappa shape index (κ2) is 3.43. The zero-order valence-electron chi connectivity index (χ0n) is 7.81. The normalized spacial score (nSPS) is 21.3. The summed E-state index contributed by atoms with van der Waals surface area (Å²) in [6, 6.07) is 4.63. The fourth-order valence-corrected chi connectivity index (χ4v) is 2.84. The summed E-state index contributed by atoms with van der Waals surface area (Å²) in [5.41, 5.74) is 10.2. The molecule has 0 saturated carbocycles. The molecule has 0 fully saturated rings. The summed E-state index contributed by atoms with van der Waals surface area (Å²) >= 11 is 3.52. The predicted octanol–water partition coefficient (Wildman–Crippen LogP) is 3.09. The van der Waals surface area contributed by atoms with Crippen LogP contribution in [0, 0.1) is 6.92 Å². The molecular weight excluding hydrogens is 226 g/mol. The third kappa shape index (κ3) is 1.65. The number of hydrogen-bond acceptors (Lipinski definition) is 1. The van der Waals surface area contributed by atoms with Gasteiger partial charge in [0.1, 0.15) is 0 Å². The molecule has 1 aromatic rings. The van der Waals surface area contributed by atoms with Crippen molar-refractivity contribution < 1.29 is 0 Å². The van der Waals surface area contributed by atoms with E-state index in [2.05, 4.69) is 35.0 Å². The van der Waals surface area contributed by atoms with Crippen LogP contribution >= 0.6 is 15.9 Å². The maximum absolute atomic E-state index is 6.08. The lowest BCUT2D eigenvalue weighted by molar-refractivity contribution is 0.567. The van der Waals surface area contributed by atoms with E-state index < -0.39 is 0 Å². The van der Waals surface area contributed by atoms with Crippen molar-refractivity contribution in [2.24, 2.45) is 5.73 Å². The number of rotatable bonds is 0. The van der Waals surface area contributed by atoms with E-state index in [0.29, 0.717) is 0 Å². The Bertz CT molecular complexity index is 333.